The molecule has 0 aliphatic heterocycles. The van der Waals surface area contributed by atoms with E-state index in [0.717, 1.165) is 6.08 Å². The minimum Gasteiger partial charge on any atom is -0.394 e. The monoisotopic (exact) mass is 248 g/mol. The van der Waals surface area contributed by atoms with Crippen LogP contribution in [0.3, 0.4) is 0 Å². The van der Waals surface area contributed by atoms with Gasteiger partial charge in [-0.2, -0.15) is 0 Å². The lowest BCUT2D eigenvalue weighted by molar-refractivity contribution is -0.151. The Balaban J connectivity index is 4.64. The summed E-state index contributed by atoms with van der Waals surface area (Å²) in [5.74, 6) is -2.28. The first-order chi connectivity index (χ1) is 7.86. The number of allylic oxidation sites excluding steroid dienone is 1. The molecule has 0 rings (SSSR count). The second-order valence-electron chi connectivity index (χ2n) is 3.39. The Labute approximate surface area is 97.6 Å². The molecule has 0 saturated heterocycles. The van der Waals surface area contributed by atoms with Gasteiger partial charge in [0.25, 0.3) is 0 Å². The number of Topliss-reactive ketones (excluding diaryl/α,β-unsaturated/α-hetero) is 1. The Morgan fingerprint density at radius 2 is 1.71 bits per heavy atom. The molecule has 0 aromatic heterocycles. The molecule has 5 N–H and O–H groups in total. The number of carbonyl (C=O) groups is 2. The Kier molecular flexibility index (Phi) is 6.78. The standard InChI is InChI=1S/C10H16O7/c1-2-3-5(12)7(14)9(16)10(17)8(15)6(13)4-11/h2-3,6-8,10-11,13-15,17H,4H2,1H3/b3-2+/t6-,7?,8+,10-/m1/s1. The van der Waals surface area contributed by atoms with Gasteiger partial charge in [0.2, 0.25) is 0 Å². The highest BCUT2D eigenvalue weighted by atomic mass is 16.4. The Bertz CT molecular complexity index is 299. The van der Waals surface area contributed by atoms with Crippen molar-refractivity contribution in [2.45, 2.75) is 31.3 Å². The second-order valence-corrected chi connectivity index (χ2v) is 3.39. The van der Waals surface area contributed by atoms with E-state index in [2.05, 4.69) is 0 Å². The molecule has 7 nitrogen and oxygen atoms in total. The predicted molar refractivity (Wildman–Crippen MR) is 55.9 cm³/mol. The van der Waals surface area contributed by atoms with Crippen molar-refractivity contribution in [1.82, 2.24) is 0 Å². The van der Waals surface area contributed by atoms with Gasteiger partial charge < -0.3 is 25.5 Å². The van der Waals surface area contributed by atoms with Crippen molar-refractivity contribution in [3.8, 4) is 0 Å². The SMILES string of the molecule is C/C=C/C(=O)C(O)C(=O)[C@H](O)[C@@H](O)[C@H](O)CO. The predicted octanol–water partition coefficient (Wildman–Crippen LogP) is -2.86. The first-order valence-electron chi connectivity index (χ1n) is 4.90. The summed E-state index contributed by atoms with van der Waals surface area (Å²) in [4.78, 5) is 22.4. The highest BCUT2D eigenvalue weighted by Gasteiger charge is 2.35. The van der Waals surface area contributed by atoms with E-state index < -0.39 is 42.6 Å². The number of rotatable bonds is 7. The third-order valence-electron chi connectivity index (χ3n) is 2.07. The summed E-state index contributed by atoms with van der Waals surface area (Å²) in [5, 5.41) is 45.2. The zero-order valence-electron chi connectivity index (χ0n) is 9.22. The Morgan fingerprint density at radius 3 is 2.12 bits per heavy atom. The first kappa shape index (κ1) is 15.9. The van der Waals surface area contributed by atoms with E-state index in [4.69, 9.17) is 10.2 Å². The number of hydrogen-bond acceptors (Lipinski definition) is 7. The molecule has 0 aliphatic carbocycles. The topological polar surface area (TPSA) is 135 Å². The van der Waals surface area contributed by atoms with Crippen LogP contribution >= 0.6 is 0 Å². The Morgan fingerprint density at radius 1 is 1.18 bits per heavy atom. The van der Waals surface area contributed by atoms with Crippen molar-refractivity contribution in [3.63, 3.8) is 0 Å². The van der Waals surface area contributed by atoms with Crippen molar-refractivity contribution in [1.29, 1.82) is 0 Å². The maximum Gasteiger partial charge on any atom is 0.200 e. The summed E-state index contributed by atoms with van der Waals surface area (Å²) in [6.45, 7) is 0.625. The van der Waals surface area contributed by atoms with Crippen LogP contribution in [0.1, 0.15) is 6.92 Å². The van der Waals surface area contributed by atoms with E-state index in [0.29, 0.717) is 0 Å². The lowest BCUT2D eigenvalue weighted by Crippen LogP contribution is -2.48. The second kappa shape index (κ2) is 7.25. The molecule has 17 heavy (non-hydrogen) atoms. The smallest absolute Gasteiger partial charge is 0.200 e. The fourth-order valence-corrected chi connectivity index (χ4v) is 1.04. The average Bonchev–Trinajstić information content (AvgIpc) is 2.34. The van der Waals surface area contributed by atoms with E-state index in [1.165, 1.54) is 13.0 Å². The summed E-state index contributed by atoms with van der Waals surface area (Å²) < 4.78 is 0. The summed E-state index contributed by atoms with van der Waals surface area (Å²) in [5.41, 5.74) is 0. The zero-order chi connectivity index (χ0) is 13.6. The van der Waals surface area contributed by atoms with Gasteiger partial charge in [0.15, 0.2) is 17.7 Å². The van der Waals surface area contributed by atoms with E-state index in [1.54, 1.807) is 0 Å². The highest BCUT2D eigenvalue weighted by Crippen LogP contribution is 2.05. The average molecular weight is 248 g/mol. The molecule has 1 unspecified atom stereocenters. The molecule has 0 aromatic rings. The fraction of sp³-hybridized carbons (Fsp3) is 0.600. The maximum absolute atomic E-state index is 11.3. The van der Waals surface area contributed by atoms with Crippen LogP contribution in [0.4, 0.5) is 0 Å². The number of ketones is 2. The molecular weight excluding hydrogens is 232 g/mol. The quantitative estimate of drug-likeness (QED) is 0.241. The van der Waals surface area contributed by atoms with Crippen LogP contribution in [-0.4, -0.2) is 68.1 Å². The van der Waals surface area contributed by atoms with Gasteiger partial charge in [-0.1, -0.05) is 6.08 Å². The lowest BCUT2D eigenvalue weighted by Gasteiger charge is -2.21. The van der Waals surface area contributed by atoms with Crippen LogP contribution in [0.2, 0.25) is 0 Å². The van der Waals surface area contributed by atoms with Gasteiger partial charge in [-0.3, -0.25) is 9.59 Å². The molecular formula is C10H16O7. The molecule has 7 heteroatoms. The number of carbonyl (C=O) groups excluding carboxylic acids is 2. The minimum absolute atomic E-state index is 0.871. The summed E-state index contributed by atoms with van der Waals surface area (Å²) in [7, 11) is 0. The molecule has 0 spiro atoms. The van der Waals surface area contributed by atoms with Gasteiger partial charge in [0.05, 0.1) is 6.61 Å². The van der Waals surface area contributed by atoms with Crippen LogP contribution in [0.25, 0.3) is 0 Å². The number of aliphatic hydroxyl groups is 5. The van der Waals surface area contributed by atoms with Crippen LogP contribution < -0.4 is 0 Å². The van der Waals surface area contributed by atoms with Crippen LogP contribution in [0.15, 0.2) is 12.2 Å². The van der Waals surface area contributed by atoms with E-state index in [1.807, 2.05) is 0 Å². The van der Waals surface area contributed by atoms with Gasteiger partial charge in [0, 0.05) is 0 Å². The van der Waals surface area contributed by atoms with Crippen LogP contribution in [0.5, 0.6) is 0 Å². The van der Waals surface area contributed by atoms with Crippen molar-refractivity contribution in [2.24, 2.45) is 0 Å². The summed E-state index contributed by atoms with van der Waals surface area (Å²) >= 11 is 0. The third-order valence-corrected chi connectivity index (χ3v) is 2.07. The molecule has 0 heterocycles. The van der Waals surface area contributed by atoms with Gasteiger partial charge in [-0.15, -0.1) is 0 Å². The summed E-state index contributed by atoms with van der Waals surface area (Å²) in [6.07, 6.45) is -5.74. The van der Waals surface area contributed by atoms with Crippen molar-refractivity contribution in [3.05, 3.63) is 12.2 Å². The van der Waals surface area contributed by atoms with Gasteiger partial charge in [0.1, 0.15) is 18.3 Å². The van der Waals surface area contributed by atoms with E-state index in [9.17, 15) is 24.9 Å². The molecule has 0 saturated carbocycles. The van der Waals surface area contributed by atoms with E-state index in [-0.39, 0.29) is 0 Å². The van der Waals surface area contributed by atoms with Gasteiger partial charge >= 0.3 is 0 Å². The molecule has 98 valence electrons. The van der Waals surface area contributed by atoms with Crippen molar-refractivity contribution >= 4 is 11.6 Å². The van der Waals surface area contributed by atoms with Crippen LogP contribution in [-0.2, 0) is 9.59 Å². The third kappa shape index (κ3) is 4.33. The lowest BCUT2D eigenvalue weighted by atomic mass is 9.99. The van der Waals surface area contributed by atoms with Crippen LogP contribution in [0, 0.1) is 0 Å². The number of aliphatic hydroxyl groups excluding tert-OH is 5. The highest BCUT2D eigenvalue weighted by molar-refractivity contribution is 6.11. The molecule has 0 radical (unpaired) electrons. The summed E-state index contributed by atoms with van der Waals surface area (Å²) in [6, 6.07) is 0. The van der Waals surface area contributed by atoms with Gasteiger partial charge in [-0.05, 0) is 13.0 Å². The Hall–Kier alpha value is -1.12. The fourth-order valence-electron chi connectivity index (χ4n) is 1.04. The molecule has 0 bridgehead atoms. The van der Waals surface area contributed by atoms with Crippen molar-refractivity contribution < 1.29 is 35.1 Å². The molecule has 4 atom stereocenters. The number of hydrogen-bond donors (Lipinski definition) is 5. The largest absolute Gasteiger partial charge is 0.394 e. The van der Waals surface area contributed by atoms with E-state index >= 15 is 0 Å². The first-order valence-corrected chi connectivity index (χ1v) is 4.90. The van der Waals surface area contributed by atoms with Gasteiger partial charge in [-0.25, -0.2) is 0 Å². The molecule has 0 fully saturated rings. The zero-order valence-corrected chi connectivity index (χ0v) is 9.22. The molecule has 0 aliphatic rings. The normalized spacial score (nSPS) is 18.7. The van der Waals surface area contributed by atoms with Crippen molar-refractivity contribution in [2.75, 3.05) is 6.61 Å². The molecule has 0 amide bonds. The minimum atomic E-state index is -2.15. The maximum atomic E-state index is 11.3. The molecule has 0 aromatic carbocycles.